The summed E-state index contributed by atoms with van der Waals surface area (Å²) >= 11 is 2.22. The van der Waals surface area contributed by atoms with E-state index in [4.69, 9.17) is 5.73 Å². The predicted octanol–water partition coefficient (Wildman–Crippen LogP) is 0.922. The maximum Gasteiger partial charge on any atom is 0.146 e. The first-order valence-electron chi connectivity index (χ1n) is 6.17. The van der Waals surface area contributed by atoms with E-state index in [2.05, 4.69) is 32.6 Å². The average Bonchev–Trinajstić information content (AvgIpc) is 2.91. The van der Waals surface area contributed by atoms with Crippen LogP contribution in [0.15, 0.2) is 12.5 Å². The highest BCUT2D eigenvalue weighted by atomic mass is 127. The standard InChI is InChI=1S/C12H15IN4O2/c13-8-3-17(7-1-6(4-18)9(19)2-7)12-10(8)11(14)15-5-16-12/h3,5-7,9,18-19H,1-2,4H2,(H2,14,15,16)/t6-,7-,9+/m1/s1. The highest BCUT2D eigenvalue weighted by molar-refractivity contribution is 14.1. The molecule has 1 aliphatic carbocycles. The van der Waals surface area contributed by atoms with Gasteiger partial charge in [-0.05, 0) is 35.4 Å². The van der Waals surface area contributed by atoms with Gasteiger partial charge in [0.15, 0.2) is 0 Å². The summed E-state index contributed by atoms with van der Waals surface area (Å²) in [7, 11) is 0. The van der Waals surface area contributed by atoms with Gasteiger partial charge in [-0.2, -0.15) is 0 Å². The Balaban J connectivity index is 2.05. The van der Waals surface area contributed by atoms with Crippen molar-refractivity contribution in [1.29, 1.82) is 0 Å². The Morgan fingerprint density at radius 3 is 2.89 bits per heavy atom. The Morgan fingerprint density at radius 1 is 1.42 bits per heavy atom. The van der Waals surface area contributed by atoms with Gasteiger partial charge in [-0.15, -0.1) is 0 Å². The second kappa shape index (κ2) is 4.88. The lowest BCUT2D eigenvalue weighted by atomic mass is 10.1. The molecule has 6 nitrogen and oxygen atoms in total. The molecule has 0 amide bonds. The number of anilines is 1. The number of nitrogen functional groups attached to an aromatic ring is 1. The first-order valence-corrected chi connectivity index (χ1v) is 7.25. The largest absolute Gasteiger partial charge is 0.396 e. The SMILES string of the molecule is Nc1ncnc2c1c(I)cn2[C@@H]1C[C@H](CO)[C@@H](O)C1. The molecule has 1 aliphatic rings. The van der Waals surface area contributed by atoms with E-state index in [1.54, 1.807) is 0 Å². The molecule has 102 valence electrons. The lowest BCUT2D eigenvalue weighted by Crippen LogP contribution is -2.16. The summed E-state index contributed by atoms with van der Waals surface area (Å²) in [5, 5.41) is 20.0. The van der Waals surface area contributed by atoms with E-state index in [1.165, 1.54) is 6.33 Å². The van der Waals surface area contributed by atoms with Crippen LogP contribution in [0.2, 0.25) is 0 Å². The minimum Gasteiger partial charge on any atom is -0.396 e. The monoisotopic (exact) mass is 374 g/mol. The maximum atomic E-state index is 9.92. The lowest BCUT2D eigenvalue weighted by molar-refractivity contribution is 0.0906. The van der Waals surface area contributed by atoms with Crippen molar-refractivity contribution in [2.45, 2.75) is 25.0 Å². The molecular weight excluding hydrogens is 359 g/mol. The summed E-state index contributed by atoms with van der Waals surface area (Å²) in [6.45, 7) is 0.0189. The van der Waals surface area contributed by atoms with Crippen LogP contribution in [0.4, 0.5) is 5.82 Å². The number of hydrogen-bond acceptors (Lipinski definition) is 5. The van der Waals surface area contributed by atoms with Gasteiger partial charge in [0.25, 0.3) is 0 Å². The van der Waals surface area contributed by atoms with E-state index in [0.717, 1.165) is 21.0 Å². The van der Waals surface area contributed by atoms with E-state index in [0.29, 0.717) is 12.2 Å². The van der Waals surface area contributed by atoms with Gasteiger partial charge in [-0.3, -0.25) is 0 Å². The summed E-state index contributed by atoms with van der Waals surface area (Å²) in [5.74, 6) is 0.421. The van der Waals surface area contributed by atoms with Crippen molar-refractivity contribution in [2.24, 2.45) is 5.92 Å². The molecule has 1 fully saturated rings. The summed E-state index contributed by atoms with van der Waals surface area (Å²) < 4.78 is 3.06. The molecule has 2 aromatic rings. The van der Waals surface area contributed by atoms with Gasteiger partial charge in [-0.1, -0.05) is 0 Å². The molecule has 0 radical (unpaired) electrons. The van der Waals surface area contributed by atoms with Crippen molar-refractivity contribution in [1.82, 2.24) is 14.5 Å². The topological polar surface area (TPSA) is 97.2 Å². The molecule has 19 heavy (non-hydrogen) atoms. The number of halogens is 1. The van der Waals surface area contributed by atoms with Gasteiger partial charge in [0, 0.05) is 28.3 Å². The molecule has 7 heteroatoms. The van der Waals surface area contributed by atoms with Crippen molar-refractivity contribution in [3.05, 3.63) is 16.1 Å². The number of hydrogen-bond donors (Lipinski definition) is 3. The van der Waals surface area contributed by atoms with Gasteiger partial charge in [0.2, 0.25) is 0 Å². The van der Waals surface area contributed by atoms with E-state index in [9.17, 15) is 10.2 Å². The number of fused-ring (bicyclic) bond motifs is 1. The fourth-order valence-corrected chi connectivity index (χ4v) is 3.66. The Hall–Kier alpha value is -0.930. The third-order valence-corrected chi connectivity index (χ3v) is 4.67. The molecule has 0 aliphatic heterocycles. The van der Waals surface area contributed by atoms with Crippen molar-refractivity contribution in [3.8, 4) is 0 Å². The second-order valence-electron chi connectivity index (χ2n) is 4.98. The Kier molecular flexibility index (Phi) is 3.35. The molecular formula is C12H15IN4O2. The van der Waals surface area contributed by atoms with E-state index in [1.807, 2.05) is 10.8 Å². The van der Waals surface area contributed by atoms with Crippen LogP contribution in [0.3, 0.4) is 0 Å². The van der Waals surface area contributed by atoms with Crippen LogP contribution in [0.25, 0.3) is 11.0 Å². The molecule has 2 aromatic heterocycles. The van der Waals surface area contributed by atoms with Gasteiger partial charge in [-0.25, -0.2) is 9.97 Å². The van der Waals surface area contributed by atoms with Gasteiger partial charge >= 0.3 is 0 Å². The molecule has 0 bridgehead atoms. The van der Waals surface area contributed by atoms with Crippen LogP contribution < -0.4 is 5.73 Å². The summed E-state index contributed by atoms with van der Waals surface area (Å²) in [6, 6.07) is 0.146. The molecule has 0 spiro atoms. The molecule has 4 N–H and O–H groups in total. The fourth-order valence-electron chi connectivity index (χ4n) is 2.84. The van der Waals surface area contributed by atoms with E-state index in [-0.39, 0.29) is 18.6 Å². The quantitative estimate of drug-likeness (QED) is 0.680. The molecule has 0 aromatic carbocycles. The minimum absolute atomic E-state index is 0.0189. The number of aliphatic hydroxyl groups excluding tert-OH is 2. The van der Waals surface area contributed by atoms with E-state index >= 15 is 0 Å². The van der Waals surface area contributed by atoms with Crippen LogP contribution in [0, 0.1) is 9.49 Å². The van der Waals surface area contributed by atoms with Crippen molar-refractivity contribution in [2.75, 3.05) is 12.3 Å². The highest BCUT2D eigenvalue weighted by Gasteiger charge is 2.34. The van der Waals surface area contributed by atoms with Gasteiger partial charge in [0.05, 0.1) is 11.5 Å². The zero-order valence-electron chi connectivity index (χ0n) is 10.2. The first kappa shape index (κ1) is 13.1. The van der Waals surface area contributed by atoms with Crippen molar-refractivity contribution >= 4 is 39.4 Å². The Morgan fingerprint density at radius 2 is 2.21 bits per heavy atom. The Labute approximate surface area is 123 Å². The molecule has 3 rings (SSSR count). The highest BCUT2D eigenvalue weighted by Crippen LogP contribution is 2.38. The minimum atomic E-state index is -0.454. The van der Waals surface area contributed by atoms with Crippen molar-refractivity contribution < 1.29 is 10.2 Å². The van der Waals surface area contributed by atoms with Crippen LogP contribution in [-0.4, -0.2) is 37.5 Å². The molecule has 0 saturated heterocycles. The third-order valence-electron chi connectivity index (χ3n) is 3.85. The second-order valence-corrected chi connectivity index (χ2v) is 6.14. The predicted molar refractivity (Wildman–Crippen MR) is 79.5 cm³/mol. The van der Waals surface area contributed by atoms with Crippen LogP contribution >= 0.6 is 22.6 Å². The zero-order valence-corrected chi connectivity index (χ0v) is 12.4. The number of aliphatic hydroxyl groups is 2. The normalized spacial score (nSPS) is 27.2. The molecule has 3 atom stereocenters. The number of rotatable bonds is 2. The average molecular weight is 374 g/mol. The smallest absolute Gasteiger partial charge is 0.146 e. The third kappa shape index (κ3) is 2.09. The number of aromatic nitrogens is 3. The lowest BCUT2D eigenvalue weighted by Gasteiger charge is -2.12. The van der Waals surface area contributed by atoms with Crippen LogP contribution in [0.5, 0.6) is 0 Å². The molecule has 0 unspecified atom stereocenters. The Bertz CT molecular complexity index is 615. The molecule has 1 saturated carbocycles. The van der Waals surface area contributed by atoms with Gasteiger partial charge in [0.1, 0.15) is 17.8 Å². The van der Waals surface area contributed by atoms with E-state index < -0.39 is 6.10 Å². The fraction of sp³-hybridized carbons (Fsp3) is 0.500. The molecule has 2 heterocycles. The van der Waals surface area contributed by atoms with Crippen LogP contribution in [0.1, 0.15) is 18.9 Å². The number of nitrogens with two attached hydrogens (primary N) is 1. The summed E-state index contributed by atoms with van der Waals surface area (Å²) in [6.07, 6.45) is 4.38. The summed E-state index contributed by atoms with van der Waals surface area (Å²) in [4.78, 5) is 8.32. The zero-order chi connectivity index (χ0) is 13.6. The maximum absolute atomic E-state index is 9.92. The first-order chi connectivity index (χ1) is 9.11. The van der Waals surface area contributed by atoms with Gasteiger partial charge < -0.3 is 20.5 Å². The van der Waals surface area contributed by atoms with Crippen molar-refractivity contribution in [3.63, 3.8) is 0 Å². The number of nitrogens with zero attached hydrogens (tertiary/aromatic N) is 3. The summed E-state index contributed by atoms with van der Waals surface area (Å²) in [5.41, 5.74) is 6.69. The van der Waals surface area contributed by atoms with Crippen LogP contribution in [-0.2, 0) is 0 Å².